The fourth-order valence-corrected chi connectivity index (χ4v) is 0.842. The number of carbonyl (C=O) groups is 1. The maximum Gasteiger partial charge on any atom is 0.336 e. The highest BCUT2D eigenvalue weighted by Gasteiger charge is 2.15. The van der Waals surface area contributed by atoms with Crippen LogP contribution in [0.2, 0.25) is 0 Å². The Labute approximate surface area is 70.2 Å². The molecule has 0 saturated heterocycles. The Hall–Kier alpha value is -1.63. The summed E-state index contributed by atoms with van der Waals surface area (Å²) in [5, 5.41) is 8.42. The van der Waals surface area contributed by atoms with E-state index in [4.69, 9.17) is 10.00 Å². The molecule has 0 bridgehead atoms. The van der Waals surface area contributed by atoms with Crippen molar-refractivity contribution in [3.05, 3.63) is 11.6 Å². The van der Waals surface area contributed by atoms with Crippen LogP contribution in [0.3, 0.4) is 0 Å². The maximum absolute atomic E-state index is 11.0. The molecule has 1 heterocycles. The van der Waals surface area contributed by atoms with Gasteiger partial charge in [-0.2, -0.15) is 5.26 Å². The third kappa shape index (κ3) is 1.70. The molecule has 62 valence electrons. The summed E-state index contributed by atoms with van der Waals surface area (Å²) in [5.74, 6) is -0.383. The number of rotatable bonds is 2. The lowest BCUT2D eigenvalue weighted by atomic mass is 10.2. The fraction of sp³-hybridized carbons (Fsp3) is 0.375. The van der Waals surface area contributed by atoms with Gasteiger partial charge >= 0.3 is 5.97 Å². The molecule has 0 N–H and O–H groups in total. The molecule has 0 radical (unpaired) electrons. The molecule has 0 aliphatic carbocycles. The van der Waals surface area contributed by atoms with Gasteiger partial charge in [-0.05, 0) is 13.0 Å². The molecule has 0 aromatic rings. The number of aliphatic imine (C=N–C) groups is 1. The van der Waals surface area contributed by atoms with Crippen LogP contribution in [-0.4, -0.2) is 24.8 Å². The van der Waals surface area contributed by atoms with Gasteiger partial charge in [0.15, 0.2) is 0 Å². The second-order valence-corrected chi connectivity index (χ2v) is 2.20. The van der Waals surface area contributed by atoms with Gasteiger partial charge in [-0.25, -0.2) is 4.79 Å². The molecule has 4 heteroatoms. The molecular weight excluding hydrogens is 156 g/mol. The highest BCUT2D eigenvalue weighted by Crippen LogP contribution is 2.06. The summed E-state index contributed by atoms with van der Waals surface area (Å²) in [6, 6.07) is 1.86. The van der Waals surface area contributed by atoms with Crippen molar-refractivity contribution in [3.63, 3.8) is 0 Å². The standard InChI is InChI=1S/C8H8N2O2/c1-2-12-8(11)6-3-7(4-9)10-5-6/h3H,2,5H2,1H3. The van der Waals surface area contributed by atoms with Gasteiger partial charge < -0.3 is 4.74 Å². The van der Waals surface area contributed by atoms with Crippen LogP contribution in [0.5, 0.6) is 0 Å². The Bertz CT molecular complexity index is 297. The van der Waals surface area contributed by atoms with Crippen LogP contribution in [-0.2, 0) is 9.53 Å². The lowest BCUT2D eigenvalue weighted by molar-refractivity contribution is -0.138. The van der Waals surface area contributed by atoms with Crippen LogP contribution in [0.4, 0.5) is 0 Å². The van der Waals surface area contributed by atoms with Crippen molar-refractivity contribution in [1.29, 1.82) is 5.26 Å². The molecule has 0 aromatic heterocycles. The lowest BCUT2D eigenvalue weighted by Gasteiger charge is -1.99. The van der Waals surface area contributed by atoms with Crippen molar-refractivity contribution in [2.45, 2.75) is 6.92 Å². The third-order valence-electron chi connectivity index (χ3n) is 1.38. The molecule has 12 heavy (non-hydrogen) atoms. The van der Waals surface area contributed by atoms with Crippen molar-refractivity contribution < 1.29 is 9.53 Å². The first-order chi connectivity index (χ1) is 5.77. The van der Waals surface area contributed by atoms with E-state index in [1.54, 1.807) is 6.92 Å². The lowest BCUT2D eigenvalue weighted by Crippen LogP contribution is -2.08. The van der Waals surface area contributed by atoms with E-state index < -0.39 is 0 Å². The van der Waals surface area contributed by atoms with E-state index in [0.717, 1.165) is 0 Å². The van der Waals surface area contributed by atoms with Crippen LogP contribution in [0.1, 0.15) is 6.92 Å². The van der Waals surface area contributed by atoms with Gasteiger partial charge in [-0.3, -0.25) is 4.99 Å². The zero-order valence-corrected chi connectivity index (χ0v) is 6.70. The second kappa shape index (κ2) is 3.67. The number of carbonyl (C=O) groups excluding carboxylic acids is 1. The molecule has 4 nitrogen and oxygen atoms in total. The number of esters is 1. The summed E-state index contributed by atoms with van der Waals surface area (Å²) in [4.78, 5) is 14.8. The van der Waals surface area contributed by atoms with Crippen molar-refractivity contribution in [2.24, 2.45) is 4.99 Å². The molecule has 1 rings (SSSR count). The van der Waals surface area contributed by atoms with Gasteiger partial charge in [-0.1, -0.05) is 0 Å². The van der Waals surface area contributed by atoms with Crippen molar-refractivity contribution >= 4 is 11.7 Å². The SMILES string of the molecule is CCOC(=O)C1=CC(C#N)=NC1. The van der Waals surface area contributed by atoms with Gasteiger partial charge in [0.05, 0.1) is 18.7 Å². The Morgan fingerprint density at radius 3 is 3.17 bits per heavy atom. The number of hydrogen-bond acceptors (Lipinski definition) is 4. The fourth-order valence-electron chi connectivity index (χ4n) is 0.842. The Balaban J connectivity index is 2.60. The minimum atomic E-state index is -0.383. The van der Waals surface area contributed by atoms with E-state index >= 15 is 0 Å². The van der Waals surface area contributed by atoms with Crippen molar-refractivity contribution in [2.75, 3.05) is 13.2 Å². The number of nitrogens with zero attached hydrogens (tertiary/aromatic N) is 2. The quantitative estimate of drug-likeness (QED) is 0.557. The zero-order valence-electron chi connectivity index (χ0n) is 6.70. The molecule has 0 spiro atoms. The number of allylic oxidation sites excluding steroid dienone is 1. The molecule has 1 aliphatic heterocycles. The topological polar surface area (TPSA) is 62.5 Å². The molecular formula is C8H8N2O2. The second-order valence-electron chi connectivity index (χ2n) is 2.20. The first-order valence-corrected chi connectivity index (χ1v) is 3.60. The highest BCUT2D eigenvalue weighted by atomic mass is 16.5. The number of ether oxygens (including phenoxy) is 1. The molecule has 0 unspecified atom stereocenters. The number of hydrogen-bond donors (Lipinski definition) is 0. The Kier molecular flexibility index (Phi) is 2.59. The largest absolute Gasteiger partial charge is 0.463 e. The zero-order chi connectivity index (χ0) is 8.97. The average Bonchev–Trinajstić information content (AvgIpc) is 2.52. The first kappa shape index (κ1) is 8.47. The number of nitriles is 1. The van der Waals surface area contributed by atoms with Crippen LogP contribution >= 0.6 is 0 Å². The maximum atomic E-state index is 11.0. The highest BCUT2D eigenvalue weighted by molar-refractivity contribution is 6.13. The summed E-state index contributed by atoms with van der Waals surface area (Å²) in [6.45, 7) is 2.35. The van der Waals surface area contributed by atoms with Gasteiger partial charge in [0.1, 0.15) is 11.8 Å². The molecule has 0 amide bonds. The normalized spacial score (nSPS) is 14.7. The van der Waals surface area contributed by atoms with E-state index in [1.807, 2.05) is 6.07 Å². The van der Waals surface area contributed by atoms with Gasteiger partial charge in [0.2, 0.25) is 0 Å². The van der Waals surface area contributed by atoms with Gasteiger partial charge in [0, 0.05) is 0 Å². The van der Waals surface area contributed by atoms with E-state index in [0.29, 0.717) is 12.2 Å². The van der Waals surface area contributed by atoms with E-state index in [2.05, 4.69) is 4.99 Å². The van der Waals surface area contributed by atoms with E-state index in [-0.39, 0.29) is 18.2 Å². The molecule has 1 aliphatic rings. The summed E-state index contributed by atoms with van der Waals surface area (Å²) in [6.07, 6.45) is 1.46. The predicted molar refractivity (Wildman–Crippen MR) is 42.6 cm³/mol. The van der Waals surface area contributed by atoms with Crippen LogP contribution in [0.15, 0.2) is 16.6 Å². The summed E-state index contributed by atoms with van der Waals surface area (Å²) < 4.78 is 4.73. The average molecular weight is 164 g/mol. The van der Waals surface area contributed by atoms with Crippen LogP contribution in [0, 0.1) is 11.3 Å². The van der Waals surface area contributed by atoms with Crippen molar-refractivity contribution in [3.8, 4) is 6.07 Å². The minimum Gasteiger partial charge on any atom is -0.463 e. The van der Waals surface area contributed by atoms with Gasteiger partial charge in [0.25, 0.3) is 0 Å². The minimum absolute atomic E-state index is 0.266. The monoisotopic (exact) mass is 164 g/mol. The molecule has 0 fully saturated rings. The Morgan fingerprint density at radius 2 is 2.67 bits per heavy atom. The summed E-state index contributed by atoms with van der Waals surface area (Å²) in [7, 11) is 0. The van der Waals surface area contributed by atoms with Crippen LogP contribution in [0.25, 0.3) is 0 Å². The van der Waals surface area contributed by atoms with E-state index in [9.17, 15) is 4.79 Å². The predicted octanol–water partition coefficient (Wildman–Crippen LogP) is 0.454. The smallest absolute Gasteiger partial charge is 0.336 e. The molecule has 0 aromatic carbocycles. The summed E-state index contributed by atoms with van der Waals surface area (Å²) >= 11 is 0. The molecule has 0 atom stereocenters. The molecule has 0 saturated carbocycles. The third-order valence-corrected chi connectivity index (χ3v) is 1.38. The van der Waals surface area contributed by atoms with E-state index in [1.165, 1.54) is 6.08 Å². The summed E-state index contributed by atoms with van der Waals surface area (Å²) in [5.41, 5.74) is 0.742. The first-order valence-electron chi connectivity index (χ1n) is 3.60. The van der Waals surface area contributed by atoms with Gasteiger partial charge in [-0.15, -0.1) is 0 Å². The van der Waals surface area contributed by atoms with Crippen LogP contribution < -0.4 is 0 Å². The van der Waals surface area contributed by atoms with Crippen molar-refractivity contribution in [1.82, 2.24) is 0 Å². The Morgan fingerprint density at radius 1 is 1.92 bits per heavy atom.